The molecule has 3 rings (SSSR count). The molecule has 2 aromatic rings. The molecule has 0 saturated carbocycles. The van der Waals surface area contributed by atoms with Crippen molar-refractivity contribution < 1.29 is 9.84 Å². The van der Waals surface area contributed by atoms with Gasteiger partial charge in [-0.05, 0) is 19.4 Å². The van der Waals surface area contributed by atoms with E-state index in [-0.39, 0.29) is 12.0 Å². The predicted octanol–water partition coefficient (Wildman–Crippen LogP) is 2.26. The van der Waals surface area contributed by atoms with Gasteiger partial charge >= 0.3 is 0 Å². The Morgan fingerprint density at radius 1 is 1.32 bits per heavy atom. The van der Waals surface area contributed by atoms with Gasteiger partial charge < -0.3 is 15.2 Å². The van der Waals surface area contributed by atoms with Crippen LogP contribution >= 0.6 is 0 Å². The van der Waals surface area contributed by atoms with E-state index in [1.165, 1.54) is 0 Å². The fourth-order valence-electron chi connectivity index (χ4n) is 2.48. The first-order chi connectivity index (χ1) is 10.5. The van der Waals surface area contributed by atoms with Crippen LogP contribution in [-0.4, -0.2) is 38.8 Å². The van der Waals surface area contributed by atoms with Gasteiger partial charge in [0, 0.05) is 11.6 Å². The average Bonchev–Trinajstić information content (AvgIpc) is 2.67. The molecule has 2 N–H and O–H groups in total. The van der Waals surface area contributed by atoms with Crippen molar-refractivity contribution in [2.75, 3.05) is 11.9 Å². The van der Waals surface area contributed by atoms with Gasteiger partial charge in [-0.1, -0.05) is 20.8 Å². The Kier molecular flexibility index (Phi) is 3.87. The van der Waals surface area contributed by atoms with Gasteiger partial charge in [0.25, 0.3) is 0 Å². The maximum absolute atomic E-state index is 9.91. The first kappa shape index (κ1) is 15.0. The standard InChI is InChI=1S/C16H22N4O2/c1-5-10-6-11-13-15(20-14(18-11)8(2)3)19-12(9(4)21)7-22-16(13)17-10/h6,8-9,12,21H,5,7H2,1-4H3,(H,18,19,20)/t9?,12-/m1/s1. The molecule has 0 aromatic carbocycles. The molecule has 2 aromatic heterocycles. The summed E-state index contributed by atoms with van der Waals surface area (Å²) in [5, 5.41) is 14.0. The summed E-state index contributed by atoms with van der Waals surface area (Å²) in [6.45, 7) is 8.27. The number of aromatic nitrogens is 3. The summed E-state index contributed by atoms with van der Waals surface area (Å²) >= 11 is 0. The zero-order valence-corrected chi connectivity index (χ0v) is 13.4. The van der Waals surface area contributed by atoms with Crippen molar-refractivity contribution in [1.82, 2.24) is 15.0 Å². The summed E-state index contributed by atoms with van der Waals surface area (Å²) in [5.41, 5.74) is 1.78. The molecule has 2 atom stereocenters. The molecule has 0 aliphatic carbocycles. The Labute approximate surface area is 130 Å². The van der Waals surface area contributed by atoms with E-state index in [0.717, 1.165) is 28.8 Å². The molecule has 0 spiro atoms. The number of pyridine rings is 1. The fraction of sp³-hybridized carbons (Fsp3) is 0.562. The number of rotatable bonds is 3. The number of nitrogens with one attached hydrogen (secondary N) is 1. The minimum atomic E-state index is -0.549. The third-order valence-corrected chi connectivity index (χ3v) is 3.90. The van der Waals surface area contributed by atoms with Crippen LogP contribution in [0.1, 0.15) is 45.1 Å². The monoisotopic (exact) mass is 302 g/mol. The lowest BCUT2D eigenvalue weighted by Crippen LogP contribution is -2.36. The lowest BCUT2D eigenvalue weighted by molar-refractivity contribution is 0.140. The van der Waals surface area contributed by atoms with Crippen LogP contribution in [0.5, 0.6) is 5.88 Å². The molecule has 118 valence electrons. The highest BCUT2D eigenvalue weighted by Gasteiger charge is 2.25. The first-order valence-electron chi connectivity index (χ1n) is 7.78. The summed E-state index contributed by atoms with van der Waals surface area (Å²) in [5.74, 6) is 2.25. The second kappa shape index (κ2) is 5.68. The van der Waals surface area contributed by atoms with Gasteiger partial charge in [0.15, 0.2) is 0 Å². The van der Waals surface area contributed by atoms with Crippen molar-refractivity contribution in [1.29, 1.82) is 0 Å². The number of hydrogen-bond donors (Lipinski definition) is 2. The van der Waals surface area contributed by atoms with E-state index in [1.807, 2.05) is 6.07 Å². The van der Waals surface area contributed by atoms with E-state index < -0.39 is 6.10 Å². The summed E-state index contributed by atoms with van der Waals surface area (Å²) in [4.78, 5) is 13.8. The predicted molar refractivity (Wildman–Crippen MR) is 85.4 cm³/mol. The van der Waals surface area contributed by atoms with Gasteiger partial charge in [-0.3, -0.25) is 0 Å². The quantitative estimate of drug-likeness (QED) is 0.905. The van der Waals surface area contributed by atoms with Crippen molar-refractivity contribution in [2.45, 2.75) is 52.2 Å². The smallest absolute Gasteiger partial charge is 0.227 e. The van der Waals surface area contributed by atoms with Gasteiger partial charge in [-0.15, -0.1) is 0 Å². The maximum atomic E-state index is 9.91. The van der Waals surface area contributed by atoms with E-state index in [9.17, 15) is 5.11 Å². The molecule has 0 fully saturated rings. The van der Waals surface area contributed by atoms with Crippen LogP contribution in [0.25, 0.3) is 10.9 Å². The fourth-order valence-corrected chi connectivity index (χ4v) is 2.48. The number of nitrogens with zero attached hydrogens (tertiary/aromatic N) is 3. The van der Waals surface area contributed by atoms with Gasteiger partial charge in [0.1, 0.15) is 23.6 Å². The van der Waals surface area contributed by atoms with Crippen molar-refractivity contribution >= 4 is 16.7 Å². The van der Waals surface area contributed by atoms with Crippen LogP contribution in [0.4, 0.5) is 5.82 Å². The third kappa shape index (κ3) is 2.59. The Bertz CT molecular complexity index is 700. The lowest BCUT2D eigenvalue weighted by Gasteiger charge is -2.19. The van der Waals surface area contributed by atoms with E-state index in [4.69, 9.17) is 4.74 Å². The molecule has 0 bridgehead atoms. The van der Waals surface area contributed by atoms with E-state index in [0.29, 0.717) is 18.3 Å². The SMILES string of the molecule is CCc1cc2nc(C(C)C)nc3c2c(n1)OC[C@H](C(C)O)N3. The Morgan fingerprint density at radius 3 is 2.73 bits per heavy atom. The van der Waals surface area contributed by atoms with Crippen LogP contribution in [0, 0.1) is 0 Å². The van der Waals surface area contributed by atoms with Crippen molar-refractivity contribution in [3.05, 3.63) is 17.6 Å². The highest BCUT2D eigenvalue weighted by molar-refractivity contribution is 5.94. The third-order valence-electron chi connectivity index (χ3n) is 3.90. The van der Waals surface area contributed by atoms with Crippen LogP contribution in [-0.2, 0) is 6.42 Å². The molecule has 1 unspecified atom stereocenters. The van der Waals surface area contributed by atoms with Crippen LogP contribution in [0.2, 0.25) is 0 Å². The largest absolute Gasteiger partial charge is 0.475 e. The number of aryl methyl sites for hydroxylation is 1. The van der Waals surface area contributed by atoms with Crippen LogP contribution in [0.3, 0.4) is 0 Å². The summed E-state index contributed by atoms with van der Waals surface area (Å²) in [7, 11) is 0. The highest BCUT2D eigenvalue weighted by atomic mass is 16.5. The molecular formula is C16H22N4O2. The van der Waals surface area contributed by atoms with Crippen LogP contribution in [0.15, 0.2) is 6.07 Å². The Hall–Kier alpha value is -1.95. The number of aliphatic hydroxyl groups excluding tert-OH is 1. The van der Waals surface area contributed by atoms with Crippen LogP contribution < -0.4 is 10.1 Å². The average molecular weight is 302 g/mol. The van der Waals surface area contributed by atoms with Gasteiger partial charge in [-0.2, -0.15) is 0 Å². The molecule has 0 amide bonds. The zero-order chi connectivity index (χ0) is 15.9. The van der Waals surface area contributed by atoms with E-state index in [1.54, 1.807) is 6.92 Å². The van der Waals surface area contributed by atoms with Gasteiger partial charge in [0.05, 0.1) is 17.7 Å². The minimum absolute atomic E-state index is 0.221. The Morgan fingerprint density at radius 2 is 2.09 bits per heavy atom. The topological polar surface area (TPSA) is 80.2 Å². The molecule has 0 radical (unpaired) electrons. The molecular weight excluding hydrogens is 280 g/mol. The summed E-state index contributed by atoms with van der Waals surface area (Å²) in [6, 6.07) is 1.77. The highest BCUT2D eigenvalue weighted by Crippen LogP contribution is 2.33. The minimum Gasteiger partial charge on any atom is -0.475 e. The first-order valence-corrected chi connectivity index (χ1v) is 7.78. The molecule has 1 aliphatic heterocycles. The number of anilines is 1. The van der Waals surface area contributed by atoms with E-state index >= 15 is 0 Å². The van der Waals surface area contributed by atoms with Gasteiger partial charge in [0.2, 0.25) is 5.88 Å². The Balaban J connectivity index is 2.23. The van der Waals surface area contributed by atoms with Crippen molar-refractivity contribution in [3.63, 3.8) is 0 Å². The molecule has 22 heavy (non-hydrogen) atoms. The second-order valence-corrected chi connectivity index (χ2v) is 6.05. The lowest BCUT2D eigenvalue weighted by atomic mass is 10.1. The van der Waals surface area contributed by atoms with Crippen molar-refractivity contribution in [3.8, 4) is 5.88 Å². The van der Waals surface area contributed by atoms with Crippen molar-refractivity contribution in [2.24, 2.45) is 0 Å². The maximum Gasteiger partial charge on any atom is 0.227 e. The molecule has 6 heteroatoms. The molecule has 3 heterocycles. The molecule has 0 saturated heterocycles. The normalized spacial score (nSPS) is 18.7. The number of ether oxygens (including phenoxy) is 1. The molecule has 6 nitrogen and oxygen atoms in total. The molecule has 1 aliphatic rings. The second-order valence-electron chi connectivity index (χ2n) is 6.05. The number of hydrogen-bond acceptors (Lipinski definition) is 6. The summed E-state index contributed by atoms with van der Waals surface area (Å²) < 4.78 is 5.82. The van der Waals surface area contributed by atoms with E-state index in [2.05, 4.69) is 41.0 Å². The zero-order valence-electron chi connectivity index (χ0n) is 13.4. The number of aliphatic hydroxyl groups is 1. The summed E-state index contributed by atoms with van der Waals surface area (Å²) in [6.07, 6.45) is 0.267. The van der Waals surface area contributed by atoms with Gasteiger partial charge in [-0.25, -0.2) is 15.0 Å².